The van der Waals surface area contributed by atoms with Crippen molar-refractivity contribution in [2.45, 2.75) is 26.1 Å². The fraction of sp³-hybridized carbons (Fsp3) is 0.261. The third-order valence-corrected chi connectivity index (χ3v) is 4.56. The predicted molar refractivity (Wildman–Crippen MR) is 109 cm³/mol. The molecule has 0 aromatic heterocycles. The number of allylic oxidation sites excluding steroid dienone is 1. The fourth-order valence-electron chi connectivity index (χ4n) is 3.09. The zero-order chi connectivity index (χ0) is 20.3. The van der Waals surface area contributed by atoms with Crippen LogP contribution in [0, 0.1) is 0 Å². The Morgan fingerprint density at radius 1 is 1.14 bits per heavy atom. The lowest BCUT2D eigenvalue weighted by molar-refractivity contribution is 0.103. The van der Waals surface area contributed by atoms with E-state index in [1.807, 2.05) is 32.1 Å². The van der Waals surface area contributed by atoms with Gasteiger partial charge in [0, 0.05) is 5.56 Å². The highest BCUT2D eigenvalue weighted by atomic mass is 16.5. The number of hydrogen-bond donors (Lipinski definition) is 1. The minimum absolute atomic E-state index is 0.139. The zero-order valence-electron chi connectivity index (χ0n) is 16.5. The third kappa shape index (κ3) is 3.94. The number of benzene rings is 2. The molecule has 0 amide bonds. The van der Waals surface area contributed by atoms with Crippen LogP contribution in [0.15, 0.2) is 42.5 Å². The van der Waals surface area contributed by atoms with E-state index >= 15 is 0 Å². The van der Waals surface area contributed by atoms with Gasteiger partial charge in [-0.1, -0.05) is 12.1 Å². The van der Waals surface area contributed by atoms with E-state index in [1.165, 1.54) is 6.08 Å². The molecule has 146 valence electrons. The van der Waals surface area contributed by atoms with Gasteiger partial charge < -0.3 is 19.3 Å². The number of methoxy groups -OCH3 is 2. The van der Waals surface area contributed by atoms with Crippen LogP contribution in [0.3, 0.4) is 0 Å². The number of rotatable bonds is 6. The van der Waals surface area contributed by atoms with E-state index in [4.69, 9.17) is 14.2 Å². The van der Waals surface area contributed by atoms with E-state index in [-0.39, 0.29) is 12.4 Å². The van der Waals surface area contributed by atoms with Crippen molar-refractivity contribution in [3.8, 4) is 17.2 Å². The first-order valence-electron chi connectivity index (χ1n) is 8.98. The average molecular weight is 380 g/mol. The van der Waals surface area contributed by atoms with Crippen molar-refractivity contribution in [2.24, 2.45) is 0 Å². The van der Waals surface area contributed by atoms with Crippen LogP contribution in [0.4, 0.5) is 0 Å². The third-order valence-electron chi connectivity index (χ3n) is 4.56. The molecule has 0 radical (unpaired) electrons. The summed E-state index contributed by atoms with van der Waals surface area (Å²) in [4.78, 5) is 12.9. The van der Waals surface area contributed by atoms with Gasteiger partial charge in [0.25, 0.3) is 0 Å². The maximum Gasteiger partial charge on any atom is 0.189 e. The molecule has 0 unspecified atom stereocenters. The number of carbonyl (C=O) groups excluding carboxylic acids is 1. The van der Waals surface area contributed by atoms with Crippen molar-refractivity contribution in [2.75, 3.05) is 14.2 Å². The molecule has 3 rings (SSSR count). The lowest BCUT2D eigenvalue weighted by Gasteiger charge is -2.29. The summed E-state index contributed by atoms with van der Waals surface area (Å²) < 4.78 is 16.7. The van der Waals surface area contributed by atoms with Gasteiger partial charge >= 0.3 is 0 Å². The van der Waals surface area contributed by atoms with Crippen molar-refractivity contribution in [3.63, 3.8) is 0 Å². The summed E-state index contributed by atoms with van der Waals surface area (Å²) in [6, 6.07) is 8.86. The summed E-state index contributed by atoms with van der Waals surface area (Å²) in [6.45, 7) is 3.73. The second-order valence-corrected chi connectivity index (χ2v) is 7.02. The summed E-state index contributed by atoms with van der Waals surface area (Å²) in [6.07, 6.45) is 7.08. The Hall–Kier alpha value is -3.05. The molecule has 5 nitrogen and oxygen atoms in total. The van der Waals surface area contributed by atoms with Gasteiger partial charge in [0.2, 0.25) is 0 Å². The van der Waals surface area contributed by atoms with Gasteiger partial charge in [0.15, 0.2) is 5.78 Å². The number of aliphatic hydroxyl groups excluding tert-OH is 1. The molecule has 0 spiro atoms. The lowest BCUT2D eigenvalue weighted by atomic mass is 9.97. The van der Waals surface area contributed by atoms with Crippen LogP contribution in [0.1, 0.15) is 40.9 Å². The second kappa shape index (κ2) is 7.90. The van der Waals surface area contributed by atoms with Crippen molar-refractivity contribution in [3.05, 3.63) is 64.7 Å². The van der Waals surface area contributed by atoms with Gasteiger partial charge in [-0.05, 0) is 61.9 Å². The van der Waals surface area contributed by atoms with Crippen molar-refractivity contribution in [1.82, 2.24) is 0 Å². The highest BCUT2D eigenvalue weighted by Crippen LogP contribution is 2.40. The molecule has 0 bridgehead atoms. The SMILES string of the molecule is COc1ccc(/C=C/C(=O)c2ccc(OC)c3c2OC(C)(C)C=C3)cc1CO. The van der Waals surface area contributed by atoms with Crippen LogP contribution in [0.25, 0.3) is 12.2 Å². The molecule has 2 aromatic rings. The van der Waals surface area contributed by atoms with Crippen LogP contribution < -0.4 is 14.2 Å². The van der Waals surface area contributed by atoms with Crippen LogP contribution in [0.5, 0.6) is 17.2 Å². The van der Waals surface area contributed by atoms with Gasteiger partial charge in [-0.3, -0.25) is 4.79 Å². The number of ether oxygens (including phenoxy) is 3. The highest BCUT2D eigenvalue weighted by molar-refractivity contribution is 6.09. The van der Waals surface area contributed by atoms with E-state index < -0.39 is 5.60 Å². The molecule has 0 saturated carbocycles. The van der Waals surface area contributed by atoms with Crippen LogP contribution in [0.2, 0.25) is 0 Å². The van der Waals surface area contributed by atoms with Crippen LogP contribution >= 0.6 is 0 Å². The van der Waals surface area contributed by atoms with Crippen molar-refractivity contribution >= 4 is 17.9 Å². The van der Waals surface area contributed by atoms with E-state index in [1.54, 1.807) is 44.6 Å². The summed E-state index contributed by atoms with van der Waals surface area (Å²) in [5.74, 6) is 1.61. The molecule has 1 aliphatic rings. The largest absolute Gasteiger partial charge is 0.496 e. The molecule has 1 N–H and O–H groups in total. The Morgan fingerprint density at radius 3 is 2.54 bits per heavy atom. The maximum atomic E-state index is 12.9. The summed E-state index contributed by atoms with van der Waals surface area (Å²) in [5, 5.41) is 9.45. The zero-order valence-corrected chi connectivity index (χ0v) is 16.5. The molecular formula is C23H24O5. The highest BCUT2D eigenvalue weighted by Gasteiger charge is 2.27. The van der Waals surface area contributed by atoms with Crippen LogP contribution in [-0.2, 0) is 6.61 Å². The summed E-state index contributed by atoms with van der Waals surface area (Å²) in [5.41, 5.74) is 2.17. The van der Waals surface area contributed by atoms with Gasteiger partial charge in [-0.25, -0.2) is 0 Å². The van der Waals surface area contributed by atoms with Crippen LogP contribution in [-0.4, -0.2) is 30.7 Å². The minimum atomic E-state index is -0.510. The Kier molecular flexibility index (Phi) is 5.56. The van der Waals surface area contributed by atoms with Crippen molar-refractivity contribution < 1.29 is 24.1 Å². The minimum Gasteiger partial charge on any atom is -0.496 e. The molecule has 2 aromatic carbocycles. The number of carbonyl (C=O) groups is 1. The molecule has 1 heterocycles. The molecule has 5 heteroatoms. The van der Waals surface area contributed by atoms with Crippen molar-refractivity contribution in [1.29, 1.82) is 0 Å². The number of hydrogen-bond acceptors (Lipinski definition) is 5. The quantitative estimate of drug-likeness (QED) is 0.599. The molecule has 1 aliphatic heterocycles. The monoisotopic (exact) mass is 380 g/mol. The van der Waals surface area contributed by atoms with E-state index in [0.717, 1.165) is 11.1 Å². The molecule has 0 saturated heterocycles. The molecule has 0 atom stereocenters. The van der Waals surface area contributed by atoms with Gasteiger partial charge in [0.1, 0.15) is 22.8 Å². The molecule has 0 aliphatic carbocycles. The second-order valence-electron chi connectivity index (χ2n) is 7.02. The Morgan fingerprint density at radius 2 is 1.86 bits per heavy atom. The first-order valence-corrected chi connectivity index (χ1v) is 8.98. The summed E-state index contributed by atoms with van der Waals surface area (Å²) >= 11 is 0. The normalized spacial score (nSPS) is 14.5. The average Bonchev–Trinajstić information content (AvgIpc) is 2.70. The standard InChI is InChI=1S/C23H24O5/c1-23(2)12-11-18-21(27-4)10-7-17(22(18)28-23)19(25)8-5-15-6-9-20(26-3)16(13-15)14-24/h5-13,24H,14H2,1-4H3/b8-5+. The fourth-order valence-corrected chi connectivity index (χ4v) is 3.09. The Bertz CT molecular complexity index is 954. The Balaban J connectivity index is 1.94. The smallest absolute Gasteiger partial charge is 0.189 e. The molecule has 28 heavy (non-hydrogen) atoms. The Labute approximate surface area is 164 Å². The predicted octanol–water partition coefficient (Wildman–Crippen LogP) is 4.28. The first-order chi connectivity index (χ1) is 13.4. The van der Waals surface area contributed by atoms with Gasteiger partial charge in [-0.2, -0.15) is 0 Å². The van der Waals surface area contributed by atoms with E-state index in [0.29, 0.717) is 28.4 Å². The number of ketones is 1. The van der Waals surface area contributed by atoms with Gasteiger partial charge in [-0.15, -0.1) is 0 Å². The molecular weight excluding hydrogens is 356 g/mol. The van der Waals surface area contributed by atoms with E-state index in [9.17, 15) is 9.90 Å². The maximum absolute atomic E-state index is 12.9. The number of aliphatic hydroxyl groups is 1. The lowest BCUT2D eigenvalue weighted by Crippen LogP contribution is -2.28. The summed E-state index contributed by atoms with van der Waals surface area (Å²) in [7, 11) is 3.14. The molecule has 0 fully saturated rings. The first kappa shape index (κ1) is 19.7. The van der Waals surface area contributed by atoms with E-state index in [2.05, 4.69) is 0 Å². The van der Waals surface area contributed by atoms with Gasteiger partial charge in [0.05, 0.1) is 32.0 Å². The topological polar surface area (TPSA) is 65.0 Å². The number of fused-ring (bicyclic) bond motifs is 1.